The Morgan fingerprint density at radius 2 is 1.88 bits per heavy atom. The number of carbonyl (C=O) groups excluding carboxylic acids is 1. The van der Waals surface area contributed by atoms with Crippen molar-refractivity contribution >= 4 is 21.7 Å². The van der Waals surface area contributed by atoms with Crippen molar-refractivity contribution < 1.29 is 13.2 Å². The lowest BCUT2D eigenvalue weighted by Gasteiger charge is -2.13. The van der Waals surface area contributed by atoms with Gasteiger partial charge in [0.25, 0.3) is 5.91 Å². The Hall–Kier alpha value is -2.45. The van der Waals surface area contributed by atoms with E-state index >= 15 is 0 Å². The minimum atomic E-state index is -3.69. The number of sulfonamides is 1. The number of hydrogen-bond donors (Lipinski definition) is 3. The highest BCUT2D eigenvalue weighted by Gasteiger charge is 2.12. The van der Waals surface area contributed by atoms with Gasteiger partial charge in [0.15, 0.2) is 0 Å². The number of amides is 1. The number of carbonyl (C=O) groups is 1. The van der Waals surface area contributed by atoms with Crippen molar-refractivity contribution in [2.24, 2.45) is 5.14 Å². The van der Waals surface area contributed by atoms with Gasteiger partial charge in [0.1, 0.15) is 5.82 Å². The predicted molar refractivity (Wildman–Crippen MR) is 96.8 cm³/mol. The van der Waals surface area contributed by atoms with Gasteiger partial charge in [0.2, 0.25) is 10.0 Å². The van der Waals surface area contributed by atoms with Crippen LogP contribution < -0.4 is 15.8 Å². The number of rotatable bonds is 7. The normalized spacial score (nSPS) is 11.4. The third-order valence-corrected chi connectivity index (χ3v) is 4.36. The van der Waals surface area contributed by atoms with Gasteiger partial charge in [-0.15, -0.1) is 0 Å². The average Bonchev–Trinajstić information content (AvgIpc) is 2.54. The van der Waals surface area contributed by atoms with E-state index in [0.29, 0.717) is 24.3 Å². The fourth-order valence-electron chi connectivity index (χ4n) is 2.24. The predicted octanol–water partition coefficient (Wildman–Crippen LogP) is 1.52. The molecule has 0 spiro atoms. The maximum atomic E-state index is 12.3. The number of nitrogens with two attached hydrogens (primary N) is 1. The molecule has 4 N–H and O–H groups in total. The standard InChI is InChI=1S/C17H22N4O3S/c1-12(2)21-16-15(4-3-10-19-16)17(22)20-11-9-13-5-7-14(8-6-13)25(18,23)24/h3-8,10,12H,9,11H2,1-2H3,(H,19,21)(H,20,22)(H2,18,23,24). The summed E-state index contributed by atoms with van der Waals surface area (Å²) in [5.74, 6) is 0.338. The summed E-state index contributed by atoms with van der Waals surface area (Å²) >= 11 is 0. The lowest BCUT2D eigenvalue weighted by atomic mass is 10.1. The van der Waals surface area contributed by atoms with E-state index in [1.165, 1.54) is 12.1 Å². The molecule has 0 bridgehead atoms. The van der Waals surface area contributed by atoms with Crippen LogP contribution >= 0.6 is 0 Å². The molecule has 2 rings (SSSR count). The molecular weight excluding hydrogens is 340 g/mol. The molecule has 1 aromatic heterocycles. The first-order chi connectivity index (χ1) is 11.8. The van der Waals surface area contributed by atoms with Gasteiger partial charge in [-0.3, -0.25) is 4.79 Å². The molecule has 134 valence electrons. The fraction of sp³-hybridized carbons (Fsp3) is 0.294. The second-order valence-electron chi connectivity index (χ2n) is 5.89. The molecule has 0 aliphatic carbocycles. The topological polar surface area (TPSA) is 114 Å². The summed E-state index contributed by atoms with van der Waals surface area (Å²) in [5, 5.41) is 11.0. The zero-order valence-electron chi connectivity index (χ0n) is 14.2. The highest BCUT2D eigenvalue weighted by Crippen LogP contribution is 2.13. The Morgan fingerprint density at radius 1 is 1.20 bits per heavy atom. The number of benzene rings is 1. The first kappa shape index (κ1) is 18.9. The van der Waals surface area contributed by atoms with Crippen molar-refractivity contribution in [2.45, 2.75) is 31.2 Å². The average molecular weight is 362 g/mol. The van der Waals surface area contributed by atoms with E-state index in [2.05, 4.69) is 15.6 Å². The van der Waals surface area contributed by atoms with Crippen LogP contribution in [0.15, 0.2) is 47.5 Å². The van der Waals surface area contributed by atoms with E-state index in [-0.39, 0.29) is 16.8 Å². The largest absolute Gasteiger partial charge is 0.367 e. The Morgan fingerprint density at radius 3 is 2.48 bits per heavy atom. The molecule has 0 aliphatic rings. The number of primary sulfonamides is 1. The number of anilines is 1. The Bertz CT molecular complexity index is 833. The minimum Gasteiger partial charge on any atom is -0.367 e. The maximum absolute atomic E-state index is 12.3. The van der Waals surface area contributed by atoms with Gasteiger partial charge in [0.05, 0.1) is 10.5 Å². The Kier molecular flexibility index (Phi) is 6.11. The van der Waals surface area contributed by atoms with Gasteiger partial charge in [-0.05, 0) is 50.1 Å². The van der Waals surface area contributed by atoms with E-state index in [9.17, 15) is 13.2 Å². The molecule has 8 heteroatoms. The molecule has 0 fully saturated rings. The second kappa shape index (κ2) is 8.09. The maximum Gasteiger partial charge on any atom is 0.255 e. The summed E-state index contributed by atoms with van der Waals surface area (Å²) in [6, 6.07) is 9.87. The molecule has 0 aliphatic heterocycles. The zero-order valence-corrected chi connectivity index (χ0v) is 15.0. The minimum absolute atomic E-state index is 0.0695. The fourth-order valence-corrected chi connectivity index (χ4v) is 2.75. The number of aromatic nitrogens is 1. The van der Waals surface area contributed by atoms with E-state index < -0.39 is 10.0 Å². The summed E-state index contributed by atoms with van der Waals surface area (Å²) < 4.78 is 22.4. The van der Waals surface area contributed by atoms with Crippen LogP contribution in [0.2, 0.25) is 0 Å². The van der Waals surface area contributed by atoms with Crippen LogP contribution in [0.1, 0.15) is 29.8 Å². The lowest BCUT2D eigenvalue weighted by molar-refractivity contribution is 0.0954. The molecule has 1 heterocycles. The summed E-state index contributed by atoms with van der Waals surface area (Å²) in [5.41, 5.74) is 1.39. The second-order valence-corrected chi connectivity index (χ2v) is 7.45. The molecule has 0 radical (unpaired) electrons. The molecule has 0 atom stereocenters. The number of pyridine rings is 1. The Labute approximate surface area is 147 Å². The molecule has 1 amide bonds. The third kappa shape index (κ3) is 5.54. The number of nitrogens with zero attached hydrogens (tertiary/aromatic N) is 1. The molecular formula is C17H22N4O3S. The SMILES string of the molecule is CC(C)Nc1ncccc1C(=O)NCCc1ccc(S(N)(=O)=O)cc1. The van der Waals surface area contributed by atoms with Gasteiger partial charge < -0.3 is 10.6 Å². The zero-order chi connectivity index (χ0) is 18.4. The van der Waals surface area contributed by atoms with Crippen molar-refractivity contribution in [3.63, 3.8) is 0 Å². The first-order valence-electron chi connectivity index (χ1n) is 7.89. The highest BCUT2D eigenvalue weighted by molar-refractivity contribution is 7.89. The summed E-state index contributed by atoms with van der Waals surface area (Å²) in [4.78, 5) is 16.6. The van der Waals surface area contributed by atoms with Crippen molar-refractivity contribution in [3.05, 3.63) is 53.7 Å². The molecule has 0 unspecified atom stereocenters. The van der Waals surface area contributed by atoms with Crippen LogP contribution in [0.4, 0.5) is 5.82 Å². The van der Waals surface area contributed by atoms with Crippen molar-refractivity contribution in [1.82, 2.24) is 10.3 Å². The van der Waals surface area contributed by atoms with Crippen LogP contribution in [0.25, 0.3) is 0 Å². The van der Waals surface area contributed by atoms with E-state index in [0.717, 1.165) is 5.56 Å². The van der Waals surface area contributed by atoms with Crippen LogP contribution in [0.5, 0.6) is 0 Å². The highest BCUT2D eigenvalue weighted by atomic mass is 32.2. The molecule has 2 aromatic rings. The van der Waals surface area contributed by atoms with Gasteiger partial charge in [-0.25, -0.2) is 18.5 Å². The first-order valence-corrected chi connectivity index (χ1v) is 9.43. The van der Waals surface area contributed by atoms with E-state index in [1.807, 2.05) is 13.8 Å². The summed E-state index contributed by atoms with van der Waals surface area (Å²) in [7, 11) is -3.69. The van der Waals surface area contributed by atoms with Crippen LogP contribution in [-0.4, -0.2) is 31.9 Å². The molecule has 0 saturated carbocycles. The van der Waals surface area contributed by atoms with Gasteiger partial charge >= 0.3 is 0 Å². The quantitative estimate of drug-likeness (QED) is 0.691. The van der Waals surface area contributed by atoms with E-state index in [1.54, 1.807) is 30.5 Å². The molecule has 0 saturated heterocycles. The van der Waals surface area contributed by atoms with E-state index in [4.69, 9.17) is 5.14 Å². The van der Waals surface area contributed by atoms with Crippen LogP contribution in [0.3, 0.4) is 0 Å². The third-order valence-electron chi connectivity index (χ3n) is 3.43. The van der Waals surface area contributed by atoms with Gasteiger partial charge in [-0.1, -0.05) is 12.1 Å². The monoisotopic (exact) mass is 362 g/mol. The smallest absolute Gasteiger partial charge is 0.255 e. The van der Waals surface area contributed by atoms with Crippen molar-refractivity contribution in [2.75, 3.05) is 11.9 Å². The van der Waals surface area contributed by atoms with Gasteiger partial charge in [0, 0.05) is 18.8 Å². The molecule has 7 nitrogen and oxygen atoms in total. The van der Waals surface area contributed by atoms with Crippen molar-refractivity contribution in [1.29, 1.82) is 0 Å². The number of hydrogen-bond acceptors (Lipinski definition) is 5. The lowest BCUT2D eigenvalue weighted by Crippen LogP contribution is -2.27. The van der Waals surface area contributed by atoms with Crippen LogP contribution in [0, 0.1) is 0 Å². The van der Waals surface area contributed by atoms with Crippen LogP contribution in [-0.2, 0) is 16.4 Å². The van der Waals surface area contributed by atoms with Gasteiger partial charge in [-0.2, -0.15) is 0 Å². The molecule has 25 heavy (non-hydrogen) atoms. The summed E-state index contributed by atoms with van der Waals surface area (Å²) in [6.45, 7) is 4.37. The summed E-state index contributed by atoms with van der Waals surface area (Å²) in [6.07, 6.45) is 2.21. The Balaban J connectivity index is 1.95. The number of nitrogens with one attached hydrogen (secondary N) is 2. The molecule has 1 aromatic carbocycles. The van der Waals surface area contributed by atoms with Crippen molar-refractivity contribution in [3.8, 4) is 0 Å².